The van der Waals surface area contributed by atoms with E-state index in [1.807, 2.05) is 36.4 Å². The van der Waals surface area contributed by atoms with Crippen LogP contribution in [0, 0.1) is 5.92 Å². The molecular weight excluding hydrogens is 545 g/mol. The summed E-state index contributed by atoms with van der Waals surface area (Å²) in [5.41, 5.74) is 1.45. The third-order valence-electron chi connectivity index (χ3n) is 6.15. The maximum Gasteiger partial charge on any atom is 0.181 e. The summed E-state index contributed by atoms with van der Waals surface area (Å²) in [5.74, 6) is 0.964. The molecule has 0 heterocycles. The van der Waals surface area contributed by atoms with E-state index in [-0.39, 0.29) is 10.1 Å². The van der Waals surface area contributed by atoms with Crippen molar-refractivity contribution >= 4 is 50.6 Å². The van der Waals surface area contributed by atoms with Crippen molar-refractivity contribution in [3.63, 3.8) is 0 Å². The summed E-state index contributed by atoms with van der Waals surface area (Å²) in [6, 6.07) is 14.8. The number of hydrogen-bond acceptors (Lipinski definition) is 3. The van der Waals surface area contributed by atoms with Gasteiger partial charge in [-0.3, -0.25) is 9.79 Å². The summed E-state index contributed by atoms with van der Waals surface area (Å²) in [7, 11) is 1.72. The largest absolute Gasteiger partial charge is 0.384 e. The molecule has 0 unspecified atom stereocenters. The quantitative estimate of drug-likeness (QED) is 0.222. The fourth-order valence-electron chi connectivity index (χ4n) is 4.48. The molecule has 0 saturated heterocycles. The highest BCUT2D eigenvalue weighted by atomic mass is 79.9. The molecule has 0 atom stereocenters. The molecule has 6 heteroatoms. The van der Waals surface area contributed by atoms with Crippen LogP contribution in [0.4, 0.5) is 0 Å². The van der Waals surface area contributed by atoms with Crippen LogP contribution in [0.2, 0.25) is 10.0 Å². The second-order valence-electron chi connectivity index (χ2n) is 10.0. The number of carbonyl (C=O) groups is 1. The Morgan fingerprint density at radius 2 is 1.26 bits per heavy atom. The monoisotopic (exact) mass is 581 g/mol. The molecule has 35 heavy (non-hydrogen) atoms. The van der Waals surface area contributed by atoms with Crippen LogP contribution in [-0.4, -0.2) is 33.6 Å². The normalized spacial score (nSPS) is 18.4. The highest BCUT2D eigenvalue weighted by molar-refractivity contribution is 9.10. The van der Waals surface area contributed by atoms with Crippen molar-refractivity contribution in [2.24, 2.45) is 10.9 Å². The van der Waals surface area contributed by atoms with Gasteiger partial charge in [-0.15, -0.1) is 0 Å². The molecular formula is C29H38BrCl2NO2. The van der Waals surface area contributed by atoms with Crippen LogP contribution in [0.3, 0.4) is 0 Å². The predicted octanol–water partition coefficient (Wildman–Crippen LogP) is 8.96. The maximum atomic E-state index is 12.3. The van der Waals surface area contributed by atoms with Gasteiger partial charge in [-0.2, -0.15) is 0 Å². The Balaban J connectivity index is 0.000000215. The Labute approximate surface area is 229 Å². The molecule has 2 aliphatic carbocycles. The van der Waals surface area contributed by atoms with E-state index in [0.29, 0.717) is 15.6 Å². The van der Waals surface area contributed by atoms with E-state index in [1.54, 1.807) is 19.2 Å². The highest BCUT2D eigenvalue weighted by Gasteiger charge is 2.39. The van der Waals surface area contributed by atoms with E-state index in [1.165, 1.54) is 0 Å². The number of rotatable bonds is 4. The molecule has 192 valence electrons. The minimum absolute atomic E-state index is 0.130. The van der Waals surface area contributed by atoms with Gasteiger partial charge >= 0.3 is 0 Å². The van der Waals surface area contributed by atoms with Crippen molar-refractivity contribution in [3.05, 3.63) is 69.7 Å². The molecule has 0 aliphatic heterocycles. The molecule has 0 amide bonds. The standard InChI is InChI=1S/C13H16ClNO.C12H12BrClO.C4H10/c1-15-12(13(16)8-4-5-9-13)10-6-2-3-7-11(10)14;13-12(7-3-4-8-12)11(15)9-5-1-2-6-10(9)14;1-4(2)3/h2-3,6-7,16H,4-5,8-9H2,1H3;1-2,5-6H,3-4,7-8H2;4H,1-3H3. The van der Waals surface area contributed by atoms with Crippen LogP contribution in [0.5, 0.6) is 0 Å². The van der Waals surface area contributed by atoms with Gasteiger partial charge in [0.2, 0.25) is 0 Å². The topological polar surface area (TPSA) is 49.7 Å². The summed E-state index contributed by atoms with van der Waals surface area (Å²) >= 11 is 15.7. The molecule has 4 rings (SSSR count). The fourth-order valence-corrected chi connectivity index (χ4v) is 5.70. The lowest BCUT2D eigenvalue weighted by atomic mass is 9.90. The minimum atomic E-state index is -0.778. The van der Waals surface area contributed by atoms with Crippen LogP contribution < -0.4 is 0 Å². The number of carbonyl (C=O) groups excluding carboxylic acids is 1. The molecule has 1 N–H and O–H groups in total. The Hall–Kier alpha value is -1.20. The van der Waals surface area contributed by atoms with Gasteiger partial charge in [0.25, 0.3) is 0 Å². The highest BCUT2D eigenvalue weighted by Crippen LogP contribution is 2.41. The molecule has 0 bridgehead atoms. The lowest BCUT2D eigenvalue weighted by Gasteiger charge is -2.25. The molecule has 2 aromatic rings. The van der Waals surface area contributed by atoms with Gasteiger partial charge in [-0.1, -0.05) is 116 Å². The zero-order chi connectivity index (χ0) is 26.1. The van der Waals surface area contributed by atoms with Crippen molar-refractivity contribution in [1.29, 1.82) is 0 Å². The van der Waals surface area contributed by atoms with Gasteiger partial charge in [0.1, 0.15) is 5.60 Å². The Kier molecular flexibility index (Phi) is 11.9. The van der Waals surface area contributed by atoms with Crippen molar-refractivity contribution < 1.29 is 9.90 Å². The maximum absolute atomic E-state index is 12.3. The van der Waals surface area contributed by atoms with Gasteiger partial charge < -0.3 is 5.11 Å². The number of aliphatic imine (C=N–C) groups is 1. The first-order valence-corrected chi connectivity index (χ1v) is 14.0. The number of benzene rings is 2. The first-order valence-electron chi connectivity index (χ1n) is 12.5. The van der Waals surface area contributed by atoms with Gasteiger partial charge in [-0.25, -0.2) is 0 Å². The minimum Gasteiger partial charge on any atom is -0.384 e. The first kappa shape index (κ1) is 30.0. The zero-order valence-corrected chi connectivity index (χ0v) is 24.4. The number of Topliss-reactive ketones (excluding diaryl/α,β-unsaturated/α-hetero) is 1. The van der Waals surface area contributed by atoms with E-state index in [2.05, 4.69) is 41.7 Å². The first-order chi connectivity index (χ1) is 16.5. The average Bonchev–Trinajstić information content (AvgIpc) is 3.45. The lowest BCUT2D eigenvalue weighted by molar-refractivity contribution is 0.0948. The van der Waals surface area contributed by atoms with Crippen LogP contribution in [0.15, 0.2) is 53.5 Å². The van der Waals surface area contributed by atoms with Crippen molar-refractivity contribution in [2.45, 2.75) is 82.1 Å². The summed E-state index contributed by atoms with van der Waals surface area (Å²) in [4.78, 5) is 16.5. The third kappa shape index (κ3) is 8.42. The van der Waals surface area contributed by atoms with E-state index in [0.717, 1.165) is 68.6 Å². The Bertz CT molecular complexity index is 991. The molecule has 2 aromatic carbocycles. The van der Waals surface area contributed by atoms with E-state index < -0.39 is 5.60 Å². The molecule has 0 spiro atoms. The number of halogens is 3. The lowest BCUT2D eigenvalue weighted by Crippen LogP contribution is -2.36. The number of nitrogens with zero attached hydrogens (tertiary/aromatic N) is 1. The molecule has 3 nitrogen and oxygen atoms in total. The predicted molar refractivity (Wildman–Crippen MR) is 154 cm³/mol. The SMILES string of the molecule is CC(C)C.CN=C(c1ccccc1Cl)C1(O)CCCC1.O=C(c1ccccc1Cl)C1(Br)CCCC1. The van der Waals surface area contributed by atoms with Crippen LogP contribution in [-0.2, 0) is 0 Å². The summed E-state index contributed by atoms with van der Waals surface area (Å²) in [6.07, 6.45) is 7.73. The van der Waals surface area contributed by atoms with Gasteiger partial charge in [-0.05, 0) is 49.8 Å². The summed E-state index contributed by atoms with van der Waals surface area (Å²) in [6.45, 7) is 6.50. The number of alkyl halides is 1. The summed E-state index contributed by atoms with van der Waals surface area (Å²) < 4.78 is -0.363. The van der Waals surface area contributed by atoms with Crippen molar-refractivity contribution in [1.82, 2.24) is 0 Å². The number of hydrogen-bond donors (Lipinski definition) is 1. The number of ketones is 1. The molecule has 2 fully saturated rings. The average molecular weight is 583 g/mol. The van der Waals surface area contributed by atoms with E-state index in [4.69, 9.17) is 23.2 Å². The molecule has 2 aliphatic rings. The van der Waals surface area contributed by atoms with E-state index >= 15 is 0 Å². The molecule has 0 aromatic heterocycles. The van der Waals surface area contributed by atoms with Crippen LogP contribution in [0.25, 0.3) is 0 Å². The summed E-state index contributed by atoms with van der Waals surface area (Å²) in [5, 5.41) is 11.7. The molecule has 2 saturated carbocycles. The van der Waals surface area contributed by atoms with Gasteiger partial charge in [0.05, 0.1) is 15.1 Å². The van der Waals surface area contributed by atoms with Crippen LogP contribution >= 0.6 is 39.1 Å². The zero-order valence-electron chi connectivity index (χ0n) is 21.3. The third-order valence-corrected chi connectivity index (χ3v) is 7.96. The number of aliphatic hydroxyl groups is 1. The second kappa shape index (κ2) is 13.9. The smallest absolute Gasteiger partial charge is 0.181 e. The van der Waals surface area contributed by atoms with Crippen molar-refractivity contribution in [2.75, 3.05) is 7.05 Å². The molecule has 0 radical (unpaired) electrons. The van der Waals surface area contributed by atoms with Crippen molar-refractivity contribution in [3.8, 4) is 0 Å². The second-order valence-corrected chi connectivity index (χ2v) is 12.3. The van der Waals surface area contributed by atoms with Gasteiger partial charge in [0.15, 0.2) is 5.78 Å². The Morgan fingerprint density at radius 3 is 1.69 bits per heavy atom. The van der Waals surface area contributed by atoms with Crippen LogP contribution in [0.1, 0.15) is 88.1 Å². The van der Waals surface area contributed by atoms with Gasteiger partial charge in [0, 0.05) is 23.2 Å². The van der Waals surface area contributed by atoms with E-state index in [9.17, 15) is 9.90 Å². The fraction of sp³-hybridized carbons (Fsp3) is 0.517. The Morgan fingerprint density at radius 1 is 0.857 bits per heavy atom.